The van der Waals surface area contributed by atoms with Crippen LogP contribution in [0.15, 0.2) is 0 Å². The molecule has 1 N–H and O–H groups in total. The Morgan fingerprint density at radius 3 is 2.43 bits per heavy atom. The fraction of sp³-hybridized carbons (Fsp3) is 1.00. The molecule has 1 aliphatic rings. The number of sulfonamides is 1. The zero-order valence-electron chi connectivity index (χ0n) is 8.82. The SMILES string of the molecule is CC(C)CNS(=O)(=O)C1CCOCC1. The highest BCUT2D eigenvalue weighted by molar-refractivity contribution is 7.90. The topological polar surface area (TPSA) is 55.4 Å². The number of hydrogen-bond donors (Lipinski definition) is 1. The molecule has 0 aromatic rings. The van der Waals surface area contributed by atoms with Gasteiger partial charge < -0.3 is 4.74 Å². The minimum Gasteiger partial charge on any atom is -0.381 e. The number of nitrogens with one attached hydrogen (secondary N) is 1. The first-order chi connectivity index (χ1) is 6.52. The first kappa shape index (κ1) is 11.9. The summed E-state index contributed by atoms with van der Waals surface area (Å²) in [7, 11) is -3.11. The molecule has 0 unspecified atom stereocenters. The molecule has 0 saturated carbocycles. The molecule has 1 saturated heterocycles. The van der Waals surface area contributed by atoms with Crippen LogP contribution < -0.4 is 4.72 Å². The van der Waals surface area contributed by atoms with E-state index in [0.29, 0.717) is 38.5 Å². The molecule has 1 heterocycles. The van der Waals surface area contributed by atoms with Gasteiger partial charge in [0.2, 0.25) is 10.0 Å². The fourth-order valence-electron chi connectivity index (χ4n) is 1.39. The van der Waals surface area contributed by atoms with Crippen LogP contribution in [0.4, 0.5) is 0 Å². The predicted molar refractivity (Wildman–Crippen MR) is 55.6 cm³/mol. The second kappa shape index (κ2) is 5.09. The highest BCUT2D eigenvalue weighted by Crippen LogP contribution is 2.14. The van der Waals surface area contributed by atoms with Gasteiger partial charge in [-0.3, -0.25) is 0 Å². The molecule has 0 aromatic carbocycles. The molecule has 5 heteroatoms. The van der Waals surface area contributed by atoms with Crippen molar-refractivity contribution in [1.29, 1.82) is 0 Å². The Morgan fingerprint density at radius 1 is 1.36 bits per heavy atom. The van der Waals surface area contributed by atoms with Crippen LogP contribution in [0.1, 0.15) is 26.7 Å². The van der Waals surface area contributed by atoms with Crippen LogP contribution in [0.2, 0.25) is 0 Å². The van der Waals surface area contributed by atoms with Gasteiger partial charge in [-0.2, -0.15) is 0 Å². The van der Waals surface area contributed by atoms with Gasteiger partial charge in [-0.05, 0) is 18.8 Å². The molecular formula is C9H19NO3S. The maximum absolute atomic E-state index is 11.7. The summed E-state index contributed by atoms with van der Waals surface area (Å²) in [5.74, 6) is 0.351. The van der Waals surface area contributed by atoms with Crippen molar-refractivity contribution in [3.05, 3.63) is 0 Å². The Kier molecular flexibility index (Phi) is 4.34. The lowest BCUT2D eigenvalue weighted by Crippen LogP contribution is -2.39. The van der Waals surface area contributed by atoms with E-state index < -0.39 is 10.0 Å². The first-order valence-corrected chi connectivity index (χ1v) is 6.63. The molecule has 0 spiro atoms. The van der Waals surface area contributed by atoms with Crippen molar-refractivity contribution in [3.8, 4) is 0 Å². The van der Waals surface area contributed by atoms with Gasteiger partial charge in [0.1, 0.15) is 0 Å². The van der Waals surface area contributed by atoms with Gasteiger partial charge in [-0.25, -0.2) is 13.1 Å². The summed E-state index contributed by atoms with van der Waals surface area (Å²) in [6.45, 7) is 5.64. The molecular weight excluding hydrogens is 202 g/mol. The Hall–Kier alpha value is -0.130. The van der Waals surface area contributed by atoms with E-state index in [1.165, 1.54) is 0 Å². The van der Waals surface area contributed by atoms with Crippen LogP contribution in [0.25, 0.3) is 0 Å². The summed E-state index contributed by atoms with van der Waals surface area (Å²) in [5, 5.41) is -0.255. The maximum atomic E-state index is 11.7. The lowest BCUT2D eigenvalue weighted by Gasteiger charge is -2.22. The van der Waals surface area contributed by atoms with E-state index in [0.717, 1.165) is 0 Å². The van der Waals surface area contributed by atoms with Crippen molar-refractivity contribution < 1.29 is 13.2 Å². The third-order valence-corrected chi connectivity index (χ3v) is 4.22. The zero-order chi connectivity index (χ0) is 10.6. The van der Waals surface area contributed by atoms with Crippen molar-refractivity contribution >= 4 is 10.0 Å². The molecule has 0 radical (unpaired) electrons. The summed E-state index contributed by atoms with van der Waals surface area (Å²) >= 11 is 0. The Balaban J connectivity index is 2.46. The molecule has 84 valence electrons. The van der Waals surface area contributed by atoms with Gasteiger partial charge in [-0.1, -0.05) is 13.8 Å². The van der Waals surface area contributed by atoms with Crippen molar-refractivity contribution in [1.82, 2.24) is 4.72 Å². The van der Waals surface area contributed by atoms with Gasteiger partial charge in [-0.15, -0.1) is 0 Å². The summed E-state index contributed by atoms with van der Waals surface area (Å²) < 4.78 is 31.2. The minimum atomic E-state index is -3.11. The van der Waals surface area contributed by atoms with E-state index in [1.807, 2.05) is 13.8 Å². The number of ether oxygens (including phenoxy) is 1. The second-order valence-corrected chi connectivity index (χ2v) is 6.14. The van der Waals surface area contributed by atoms with Gasteiger partial charge in [0, 0.05) is 19.8 Å². The van der Waals surface area contributed by atoms with E-state index in [4.69, 9.17) is 4.74 Å². The Morgan fingerprint density at radius 2 is 1.93 bits per heavy atom. The van der Waals surface area contributed by atoms with Crippen LogP contribution in [0, 0.1) is 5.92 Å². The molecule has 1 aliphatic heterocycles. The molecule has 14 heavy (non-hydrogen) atoms. The van der Waals surface area contributed by atoms with Gasteiger partial charge in [0.05, 0.1) is 5.25 Å². The summed E-state index contributed by atoms with van der Waals surface area (Å²) in [6, 6.07) is 0. The van der Waals surface area contributed by atoms with Crippen LogP contribution in [-0.4, -0.2) is 33.4 Å². The molecule has 4 nitrogen and oxygen atoms in total. The quantitative estimate of drug-likeness (QED) is 0.762. The second-order valence-electron chi connectivity index (χ2n) is 4.10. The molecule has 1 fully saturated rings. The predicted octanol–water partition coefficient (Wildman–Crippen LogP) is 0.741. The lowest BCUT2D eigenvalue weighted by atomic mass is 10.2. The van der Waals surface area contributed by atoms with E-state index in [1.54, 1.807) is 0 Å². The van der Waals surface area contributed by atoms with Crippen molar-refractivity contribution in [2.75, 3.05) is 19.8 Å². The molecule has 0 aromatic heterocycles. The van der Waals surface area contributed by atoms with Crippen molar-refractivity contribution in [2.45, 2.75) is 31.9 Å². The Bertz CT molecular complexity index is 255. The highest BCUT2D eigenvalue weighted by atomic mass is 32.2. The number of hydrogen-bond acceptors (Lipinski definition) is 3. The zero-order valence-corrected chi connectivity index (χ0v) is 9.64. The summed E-state index contributed by atoms with van der Waals surface area (Å²) in [4.78, 5) is 0. The van der Waals surface area contributed by atoms with E-state index >= 15 is 0 Å². The Labute approximate surface area is 86.1 Å². The molecule has 0 aliphatic carbocycles. The third kappa shape index (κ3) is 3.55. The van der Waals surface area contributed by atoms with Gasteiger partial charge >= 0.3 is 0 Å². The third-order valence-electron chi connectivity index (χ3n) is 2.30. The fourth-order valence-corrected chi connectivity index (χ4v) is 3.00. The average Bonchev–Trinajstić information content (AvgIpc) is 2.16. The summed E-state index contributed by atoms with van der Waals surface area (Å²) in [6.07, 6.45) is 1.24. The van der Waals surface area contributed by atoms with E-state index in [2.05, 4.69) is 4.72 Å². The van der Waals surface area contributed by atoms with Crippen molar-refractivity contribution in [2.24, 2.45) is 5.92 Å². The van der Waals surface area contributed by atoms with E-state index in [-0.39, 0.29) is 5.25 Å². The first-order valence-electron chi connectivity index (χ1n) is 5.08. The maximum Gasteiger partial charge on any atom is 0.214 e. The molecule has 0 bridgehead atoms. The average molecular weight is 221 g/mol. The largest absolute Gasteiger partial charge is 0.381 e. The molecule has 0 atom stereocenters. The lowest BCUT2D eigenvalue weighted by molar-refractivity contribution is 0.0981. The van der Waals surface area contributed by atoms with Crippen molar-refractivity contribution in [3.63, 3.8) is 0 Å². The summed E-state index contributed by atoms with van der Waals surface area (Å²) in [5.41, 5.74) is 0. The minimum absolute atomic E-state index is 0.255. The van der Waals surface area contributed by atoms with Crippen LogP contribution in [-0.2, 0) is 14.8 Å². The highest BCUT2D eigenvalue weighted by Gasteiger charge is 2.27. The molecule has 1 rings (SSSR count). The molecule has 0 amide bonds. The van der Waals surface area contributed by atoms with Crippen LogP contribution in [0.3, 0.4) is 0 Å². The van der Waals surface area contributed by atoms with Crippen LogP contribution in [0.5, 0.6) is 0 Å². The smallest absolute Gasteiger partial charge is 0.214 e. The number of rotatable bonds is 4. The van der Waals surface area contributed by atoms with Crippen LogP contribution >= 0.6 is 0 Å². The monoisotopic (exact) mass is 221 g/mol. The normalized spacial score (nSPS) is 20.2. The van der Waals surface area contributed by atoms with E-state index in [9.17, 15) is 8.42 Å². The van der Waals surface area contributed by atoms with Gasteiger partial charge in [0.25, 0.3) is 0 Å². The van der Waals surface area contributed by atoms with Gasteiger partial charge in [0.15, 0.2) is 0 Å². The standard InChI is InChI=1S/C9H19NO3S/c1-8(2)7-10-14(11,12)9-3-5-13-6-4-9/h8-10H,3-7H2,1-2H3.